The SMILES string of the molecule is C=CC(CCCCCCCCC)OCCOS(=O)(=O)O.OCN(CO)CO. The fourth-order valence-electron chi connectivity index (χ4n) is 2.04. The Labute approximate surface area is 163 Å². The molecule has 10 heteroatoms. The Kier molecular flexibility index (Phi) is 21.4. The highest BCUT2D eigenvalue weighted by Crippen LogP contribution is 2.11. The fourth-order valence-corrected chi connectivity index (χ4v) is 2.32. The van der Waals surface area contributed by atoms with Gasteiger partial charge in [-0.05, 0) is 6.42 Å². The third kappa shape index (κ3) is 23.4. The topological polar surface area (TPSA) is 137 Å². The third-order valence-corrected chi connectivity index (χ3v) is 4.07. The summed E-state index contributed by atoms with van der Waals surface area (Å²) in [6.45, 7) is 4.90. The van der Waals surface area contributed by atoms with Crippen molar-refractivity contribution in [3.05, 3.63) is 12.7 Å². The van der Waals surface area contributed by atoms with Gasteiger partial charge in [0.1, 0.15) is 0 Å². The van der Waals surface area contributed by atoms with E-state index >= 15 is 0 Å². The molecule has 0 amide bonds. The predicted octanol–water partition coefficient (Wildman–Crippen LogP) is 1.66. The maximum absolute atomic E-state index is 10.3. The minimum Gasteiger partial charge on any atom is -0.381 e. The van der Waals surface area contributed by atoms with Gasteiger partial charge in [-0.3, -0.25) is 4.55 Å². The predicted molar refractivity (Wildman–Crippen MR) is 103 cm³/mol. The molecule has 0 saturated carbocycles. The van der Waals surface area contributed by atoms with Crippen LogP contribution in [0.4, 0.5) is 0 Å². The molecular weight excluding hydrogens is 378 g/mol. The number of rotatable bonds is 17. The van der Waals surface area contributed by atoms with Gasteiger partial charge in [0.15, 0.2) is 0 Å². The number of hydrogen-bond donors (Lipinski definition) is 4. The van der Waals surface area contributed by atoms with Crippen LogP contribution in [-0.4, -0.2) is 72.7 Å². The Balaban J connectivity index is 0. The van der Waals surface area contributed by atoms with Crippen molar-refractivity contribution in [2.45, 2.75) is 64.4 Å². The van der Waals surface area contributed by atoms with Gasteiger partial charge >= 0.3 is 10.4 Å². The second-order valence-electron chi connectivity index (χ2n) is 5.90. The lowest BCUT2D eigenvalue weighted by molar-refractivity contribution is -0.0268. The fraction of sp³-hybridized carbons (Fsp3) is 0.882. The second kappa shape index (κ2) is 20.2. The monoisotopic (exact) mass is 415 g/mol. The number of aliphatic hydroxyl groups excluding tert-OH is 3. The lowest BCUT2D eigenvalue weighted by Gasteiger charge is -2.13. The average Bonchev–Trinajstić information content (AvgIpc) is 2.64. The molecule has 0 fully saturated rings. The van der Waals surface area contributed by atoms with E-state index in [9.17, 15) is 8.42 Å². The van der Waals surface area contributed by atoms with Crippen molar-refractivity contribution in [3.63, 3.8) is 0 Å². The molecule has 9 nitrogen and oxygen atoms in total. The number of ether oxygens (including phenoxy) is 1. The summed E-state index contributed by atoms with van der Waals surface area (Å²) in [5, 5.41) is 24.4. The molecule has 0 aliphatic carbocycles. The summed E-state index contributed by atoms with van der Waals surface area (Å²) in [5.74, 6) is 0. The van der Waals surface area contributed by atoms with Gasteiger partial charge in [0, 0.05) is 0 Å². The quantitative estimate of drug-likeness (QED) is 0.121. The molecule has 0 bridgehead atoms. The third-order valence-electron chi connectivity index (χ3n) is 3.60. The van der Waals surface area contributed by atoms with Gasteiger partial charge < -0.3 is 20.1 Å². The second-order valence-corrected chi connectivity index (χ2v) is 6.99. The van der Waals surface area contributed by atoms with Crippen LogP contribution in [0, 0.1) is 0 Å². The maximum atomic E-state index is 10.3. The van der Waals surface area contributed by atoms with E-state index in [4.69, 9.17) is 24.6 Å². The zero-order valence-electron chi connectivity index (χ0n) is 16.3. The Morgan fingerprint density at radius 2 is 1.48 bits per heavy atom. The van der Waals surface area contributed by atoms with Crippen LogP contribution in [0.25, 0.3) is 0 Å². The van der Waals surface area contributed by atoms with Crippen molar-refractivity contribution in [3.8, 4) is 0 Å². The molecule has 0 aromatic heterocycles. The summed E-state index contributed by atoms with van der Waals surface area (Å²) in [5.41, 5.74) is 0. The number of nitrogens with zero attached hydrogens (tertiary/aromatic N) is 1. The minimum atomic E-state index is -4.37. The van der Waals surface area contributed by atoms with Crippen LogP contribution >= 0.6 is 0 Å². The number of unbranched alkanes of at least 4 members (excludes halogenated alkanes) is 6. The Morgan fingerprint density at radius 1 is 0.963 bits per heavy atom. The first-order chi connectivity index (χ1) is 12.8. The van der Waals surface area contributed by atoms with Crippen LogP contribution in [0.1, 0.15) is 58.3 Å². The molecule has 1 atom stereocenters. The summed E-state index contributed by atoms with van der Waals surface area (Å²) in [6.07, 6.45) is 11.2. The molecule has 164 valence electrons. The van der Waals surface area contributed by atoms with Crippen LogP contribution in [0.5, 0.6) is 0 Å². The van der Waals surface area contributed by atoms with Crippen molar-refractivity contribution < 1.29 is 37.2 Å². The first-order valence-electron chi connectivity index (χ1n) is 9.25. The molecule has 0 aromatic rings. The summed E-state index contributed by atoms with van der Waals surface area (Å²) < 4.78 is 38.6. The van der Waals surface area contributed by atoms with Gasteiger partial charge in [0.2, 0.25) is 0 Å². The summed E-state index contributed by atoms with van der Waals surface area (Å²) in [6, 6.07) is 0. The van der Waals surface area contributed by atoms with Gasteiger partial charge in [-0.2, -0.15) is 8.42 Å². The van der Waals surface area contributed by atoms with E-state index in [1.807, 2.05) is 0 Å². The van der Waals surface area contributed by atoms with Crippen molar-refractivity contribution in [2.24, 2.45) is 0 Å². The van der Waals surface area contributed by atoms with Gasteiger partial charge in [0.25, 0.3) is 0 Å². The largest absolute Gasteiger partial charge is 0.397 e. The van der Waals surface area contributed by atoms with Gasteiger partial charge in [-0.25, -0.2) is 9.08 Å². The zero-order chi connectivity index (χ0) is 21.0. The van der Waals surface area contributed by atoms with Crippen molar-refractivity contribution >= 4 is 10.4 Å². The van der Waals surface area contributed by atoms with Crippen LogP contribution in [0.15, 0.2) is 12.7 Å². The molecule has 0 spiro atoms. The summed E-state index contributed by atoms with van der Waals surface area (Å²) in [7, 11) is -4.37. The van der Waals surface area contributed by atoms with Gasteiger partial charge in [-0.1, -0.05) is 57.9 Å². The van der Waals surface area contributed by atoms with Crippen LogP contribution in [0.3, 0.4) is 0 Å². The highest BCUT2D eigenvalue weighted by molar-refractivity contribution is 7.80. The Hall–Kier alpha value is -0.590. The molecule has 0 saturated heterocycles. The molecule has 0 rings (SSSR count). The van der Waals surface area contributed by atoms with E-state index in [0.29, 0.717) is 0 Å². The number of aliphatic hydroxyl groups is 3. The van der Waals surface area contributed by atoms with E-state index in [-0.39, 0.29) is 39.5 Å². The maximum Gasteiger partial charge on any atom is 0.397 e. The molecule has 0 radical (unpaired) electrons. The first kappa shape index (κ1) is 28.6. The highest BCUT2D eigenvalue weighted by atomic mass is 32.3. The zero-order valence-corrected chi connectivity index (χ0v) is 17.1. The van der Waals surface area contributed by atoms with E-state index in [2.05, 4.69) is 17.7 Å². The van der Waals surface area contributed by atoms with Crippen LogP contribution < -0.4 is 0 Å². The average molecular weight is 416 g/mol. The van der Waals surface area contributed by atoms with E-state index < -0.39 is 10.4 Å². The number of hydrogen-bond acceptors (Lipinski definition) is 8. The van der Waals surface area contributed by atoms with E-state index in [1.54, 1.807) is 6.08 Å². The standard InChI is InChI=1S/C14H28O5S.C3H9NO3/c1-3-5-6-7-8-9-10-11-14(4-2)18-12-13-19-20(15,16)17;5-1-4(2-6)3-7/h4,14H,2-3,5-13H2,1H3,(H,15,16,17);5-7H,1-3H2. The lowest BCUT2D eigenvalue weighted by Crippen LogP contribution is -2.26. The first-order valence-corrected chi connectivity index (χ1v) is 10.6. The van der Waals surface area contributed by atoms with Crippen LogP contribution in [-0.2, 0) is 19.3 Å². The minimum absolute atomic E-state index is 0.0874. The highest BCUT2D eigenvalue weighted by Gasteiger charge is 2.07. The molecule has 0 heterocycles. The van der Waals surface area contributed by atoms with Crippen molar-refractivity contribution in [2.75, 3.05) is 33.4 Å². The molecule has 4 N–H and O–H groups in total. The van der Waals surface area contributed by atoms with Crippen LogP contribution in [0.2, 0.25) is 0 Å². The Morgan fingerprint density at radius 3 is 1.89 bits per heavy atom. The molecule has 0 aliphatic rings. The lowest BCUT2D eigenvalue weighted by atomic mass is 10.1. The van der Waals surface area contributed by atoms with Crippen molar-refractivity contribution in [1.82, 2.24) is 4.90 Å². The van der Waals surface area contributed by atoms with Gasteiger partial charge in [-0.15, -0.1) is 6.58 Å². The molecular formula is C17H37NO8S. The summed E-state index contributed by atoms with van der Waals surface area (Å²) >= 11 is 0. The molecule has 1 unspecified atom stereocenters. The molecule has 27 heavy (non-hydrogen) atoms. The normalized spacial score (nSPS) is 12.5. The Bertz CT molecular complexity index is 410. The molecule has 0 aliphatic heterocycles. The van der Waals surface area contributed by atoms with Gasteiger partial charge in [0.05, 0.1) is 39.5 Å². The van der Waals surface area contributed by atoms with E-state index in [0.717, 1.165) is 17.7 Å². The van der Waals surface area contributed by atoms with Crippen molar-refractivity contribution in [1.29, 1.82) is 0 Å². The van der Waals surface area contributed by atoms with E-state index in [1.165, 1.54) is 38.5 Å². The molecule has 0 aromatic carbocycles. The summed E-state index contributed by atoms with van der Waals surface area (Å²) in [4.78, 5) is 1.04. The smallest absolute Gasteiger partial charge is 0.381 e.